The molecule has 2 aliphatic rings. The Balaban J connectivity index is 0.886. The number of benzene rings is 2. The highest BCUT2D eigenvalue weighted by molar-refractivity contribution is 6.13. The molecule has 1 saturated heterocycles. The van der Waals surface area contributed by atoms with Crippen molar-refractivity contribution in [1.29, 1.82) is 0 Å². The molecule has 0 unspecified atom stereocenters. The molecule has 1 fully saturated rings. The zero-order valence-electron chi connectivity index (χ0n) is 43.5. The largest absolute Gasteiger partial charge is 0.477 e. The van der Waals surface area contributed by atoms with Gasteiger partial charge in [-0.15, -0.1) is 0 Å². The number of imide groups is 1. The normalized spacial score (nSPS) is 18.8. The molecule has 0 saturated carbocycles. The third kappa shape index (κ3) is 20.5. The summed E-state index contributed by atoms with van der Waals surface area (Å²) < 4.78 is 44.1. The molecule has 0 spiro atoms. The van der Waals surface area contributed by atoms with Crippen molar-refractivity contribution in [2.75, 3.05) is 136 Å². The zero-order valence-corrected chi connectivity index (χ0v) is 43.5. The standard InChI is InChI=1S/C52H70N6O21/c59-33-41(64)57-44-37(60)31-52(51(70)71,79-50(44)47(67)38(61)32-56-40(63)30-34-6-8-36(9-7-34)35-4-2-1-3-5-35)78-29-28-77-25-22-74-19-15-55-46-45(48(68)49(46)69)54-14-18-73-21-24-76-27-26-75-23-20-72-17-13-53-39(62)12-16-58-42(65)10-11-43(58)66/h1-11,37-38,44,47,50,54-55,59-61,67H,12-33H2,(H,53,62)(H,56,63)(H,57,64)(H,70,71)/t37-,38+,44+,47+,50+,52+/m0/s1. The lowest BCUT2D eigenvalue weighted by atomic mass is 9.88. The molecule has 5 rings (SSSR count). The minimum atomic E-state index is -2.59. The number of hydrogen-bond donors (Lipinski definition) is 10. The molecule has 2 aliphatic heterocycles. The van der Waals surface area contributed by atoms with Crippen LogP contribution in [0.5, 0.6) is 0 Å². The van der Waals surface area contributed by atoms with E-state index in [0.717, 1.165) is 28.2 Å². The highest BCUT2D eigenvalue weighted by Gasteiger charge is 2.56. The van der Waals surface area contributed by atoms with Crippen molar-refractivity contribution in [3.8, 4) is 11.1 Å². The molecular weight excluding hydrogens is 1040 g/mol. The Labute approximate surface area is 454 Å². The predicted molar refractivity (Wildman–Crippen MR) is 278 cm³/mol. The van der Waals surface area contributed by atoms with Gasteiger partial charge in [0.2, 0.25) is 17.7 Å². The summed E-state index contributed by atoms with van der Waals surface area (Å²) in [5, 5.41) is 66.0. The quantitative estimate of drug-likeness (QED) is 0.0152. The summed E-state index contributed by atoms with van der Waals surface area (Å²) in [6.45, 7) is 1.06. The lowest BCUT2D eigenvalue weighted by Gasteiger charge is -2.46. The van der Waals surface area contributed by atoms with Crippen molar-refractivity contribution >= 4 is 46.9 Å². The van der Waals surface area contributed by atoms with Gasteiger partial charge in [0.1, 0.15) is 30.2 Å². The molecule has 79 heavy (non-hydrogen) atoms. The second-order valence-corrected chi connectivity index (χ2v) is 17.8. The van der Waals surface area contributed by atoms with E-state index in [1.54, 1.807) is 12.1 Å². The number of aliphatic hydroxyl groups is 4. The summed E-state index contributed by atoms with van der Waals surface area (Å²) in [6, 6.07) is 15.4. The molecule has 0 aromatic heterocycles. The number of rotatable bonds is 40. The van der Waals surface area contributed by atoms with Gasteiger partial charge >= 0.3 is 5.97 Å². The Hall–Kier alpha value is -6.60. The summed E-state index contributed by atoms with van der Waals surface area (Å²) in [4.78, 5) is 97.8. The second kappa shape index (κ2) is 33.7. The minimum Gasteiger partial charge on any atom is -0.477 e. The number of carboxylic acid groups (broad SMARTS) is 1. The first kappa shape index (κ1) is 63.2. The molecule has 5 amide bonds. The number of carbonyl (C=O) groups is 6. The van der Waals surface area contributed by atoms with Crippen LogP contribution in [0.2, 0.25) is 0 Å². The molecule has 3 aromatic carbocycles. The van der Waals surface area contributed by atoms with Crippen LogP contribution in [0, 0.1) is 0 Å². The summed E-state index contributed by atoms with van der Waals surface area (Å²) in [5.74, 6) is -6.96. The third-order valence-electron chi connectivity index (χ3n) is 12.1. The second-order valence-electron chi connectivity index (χ2n) is 17.8. The minimum absolute atomic E-state index is 0.000875. The van der Waals surface area contributed by atoms with Gasteiger partial charge in [-0.3, -0.25) is 38.5 Å². The number of aliphatic carboxylic acids is 1. The fourth-order valence-corrected chi connectivity index (χ4v) is 7.99. The number of hydrogen-bond acceptors (Lipinski definition) is 22. The molecule has 0 aliphatic carbocycles. The number of aliphatic hydroxyl groups excluding tert-OH is 4. The highest BCUT2D eigenvalue weighted by atomic mass is 16.7. The molecule has 0 bridgehead atoms. The van der Waals surface area contributed by atoms with Crippen LogP contribution < -0.4 is 37.4 Å². The molecule has 27 heteroatoms. The van der Waals surface area contributed by atoms with E-state index in [2.05, 4.69) is 26.6 Å². The van der Waals surface area contributed by atoms with E-state index in [1.165, 1.54) is 0 Å². The van der Waals surface area contributed by atoms with E-state index < -0.39 is 103 Å². The monoisotopic (exact) mass is 1110 g/mol. The number of ether oxygens (including phenoxy) is 8. The topological polar surface area (TPSA) is 375 Å². The lowest BCUT2D eigenvalue weighted by Crippen LogP contribution is -2.68. The van der Waals surface area contributed by atoms with Gasteiger partial charge in [-0.1, -0.05) is 54.6 Å². The molecule has 2 heterocycles. The van der Waals surface area contributed by atoms with Gasteiger partial charge in [-0.25, -0.2) is 4.79 Å². The van der Waals surface area contributed by atoms with Gasteiger partial charge in [-0.2, -0.15) is 0 Å². The summed E-state index contributed by atoms with van der Waals surface area (Å²) in [5.41, 5.74) is 1.49. The van der Waals surface area contributed by atoms with Gasteiger partial charge in [0.15, 0.2) is 0 Å². The first-order valence-corrected chi connectivity index (χ1v) is 25.6. The number of anilines is 2. The van der Waals surface area contributed by atoms with Crippen molar-refractivity contribution in [2.24, 2.45) is 0 Å². The van der Waals surface area contributed by atoms with Crippen LogP contribution in [0.3, 0.4) is 0 Å². The van der Waals surface area contributed by atoms with Gasteiger partial charge < -0.3 is 90.0 Å². The van der Waals surface area contributed by atoms with E-state index in [4.69, 9.17) is 37.9 Å². The first-order chi connectivity index (χ1) is 38.1. The van der Waals surface area contributed by atoms with E-state index in [0.29, 0.717) is 38.6 Å². The Morgan fingerprint density at radius 1 is 0.646 bits per heavy atom. The van der Waals surface area contributed by atoms with Crippen molar-refractivity contribution < 1.29 is 92.2 Å². The van der Waals surface area contributed by atoms with Crippen molar-refractivity contribution in [3.63, 3.8) is 0 Å². The fraction of sp³-hybridized carbons (Fsp3) is 0.538. The maximum atomic E-state index is 12.8. The van der Waals surface area contributed by atoms with Crippen molar-refractivity contribution in [3.05, 3.63) is 92.8 Å². The van der Waals surface area contributed by atoms with Crippen LogP contribution >= 0.6 is 0 Å². The van der Waals surface area contributed by atoms with Crippen LogP contribution in [0.15, 0.2) is 76.3 Å². The summed E-state index contributed by atoms with van der Waals surface area (Å²) in [6.07, 6.45) is -5.83. The third-order valence-corrected chi connectivity index (χ3v) is 12.1. The molecule has 6 atom stereocenters. The van der Waals surface area contributed by atoms with E-state index in [1.807, 2.05) is 42.5 Å². The molecule has 27 nitrogen and oxygen atoms in total. The molecular formula is C52H70N6O21. The Morgan fingerprint density at radius 2 is 1.15 bits per heavy atom. The Bertz CT molecular complexity index is 2490. The van der Waals surface area contributed by atoms with Crippen LogP contribution in [0.1, 0.15) is 18.4 Å². The maximum Gasteiger partial charge on any atom is 0.364 e. The smallest absolute Gasteiger partial charge is 0.364 e. The van der Waals surface area contributed by atoms with Gasteiger partial charge in [0.25, 0.3) is 28.5 Å². The predicted octanol–water partition coefficient (Wildman–Crippen LogP) is -3.19. The lowest BCUT2D eigenvalue weighted by molar-refractivity contribution is -0.312. The SMILES string of the molecule is O=C(CCN1C(=O)C=CC1=O)NCCOCCOCCOCCOCCNc1c(NCCOCCOCCO[C@]2(C(=O)O)C[C@H](O)[C@@H](NC(=O)CO)[C@H]([C@H](O)[C@H](O)CNC(=O)Cc3ccc(-c4ccccc4)cc3)O2)c(=O)c1=O. The Morgan fingerprint density at radius 3 is 1.68 bits per heavy atom. The van der Waals surface area contributed by atoms with Crippen molar-refractivity contribution in [1.82, 2.24) is 20.9 Å². The van der Waals surface area contributed by atoms with Crippen LogP contribution in [-0.4, -0.2) is 227 Å². The van der Waals surface area contributed by atoms with Gasteiger partial charge in [0, 0.05) is 57.7 Å². The molecule has 10 N–H and O–H groups in total. The Kier molecular flexibility index (Phi) is 27.0. The molecule has 0 radical (unpaired) electrons. The van der Waals surface area contributed by atoms with Gasteiger partial charge in [-0.05, 0) is 16.7 Å². The van der Waals surface area contributed by atoms with E-state index in [-0.39, 0.29) is 103 Å². The first-order valence-electron chi connectivity index (χ1n) is 25.6. The number of carboxylic acids is 1. The van der Waals surface area contributed by atoms with E-state index >= 15 is 0 Å². The average Bonchev–Trinajstić information content (AvgIpc) is 3.84. The number of carbonyl (C=O) groups excluding carboxylic acids is 5. The van der Waals surface area contributed by atoms with Crippen LogP contribution in [0.4, 0.5) is 11.4 Å². The highest BCUT2D eigenvalue weighted by Crippen LogP contribution is 2.33. The van der Waals surface area contributed by atoms with Gasteiger partial charge in [0.05, 0.1) is 111 Å². The van der Waals surface area contributed by atoms with Crippen LogP contribution in [0.25, 0.3) is 11.1 Å². The average molecular weight is 1120 g/mol. The number of amides is 5. The van der Waals surface area contributed by atoms with E-state index in [9.17, 15) is 63.9 Å². The maximum absolute atomic E-state index is 12.8. The number of nitrogens with zero attached hydrogens (tertiary/aromatic N) is 1. The summed E-state index contributed by atoms with van der Waals surface area (Å²) >= 11 is 0. The summed E-state index contributed by atoms with van der Waals surface area (Å²) in [7, 11) is 0. The van der Waals surface area contributed by atoms with Crippen molar-refractivity contribution in [2.45, 2.75) is 55.5 Å². The number of nitrogens with one attached hydrogen (secondary N) is 5. The molecule has 434 valence electrons. The zero-order chi connectivity index (χ0) is 57.0. The van der Waals surface area contributed by atoms with Crippen LogP contribution in [-0.2, 0) is 73.1 Å². The molecule has 3 aromatic rings. The fourth-order valence-electron chi connectivity index (χ4n) is 7.99.